The van der Waals surface area contributed by atoms with Crippen LogP contribution in [-0.2, 0) is 0 Å². The van der Waals surface area contributed by atoms with Crippen LogP contribution in [0.3, 0.4) is 0 Å². The Labute approximate surface area is 145 Å². The fourth-order valence-corrected chi connectivity index (χ4v) is 3.41. The monoisotopic (exact) mass is 315 g/mol. The minimum Gasteiger partial charge on any atom is -0.261 e. The Kier molecular flexibility index (Phi) is 5.79. The zero-order valence-corrected chi connectivity index (χ0v) is 14.2. The molecule has 24 heavy (non-hydrogen) atoms. The number of hydrogen-bond donors (Lipinski definition) is 0. The molecule has 1 nitrogen and oxygen atoms in total. The lowest BCUT2D eigenvalue weighted by molar-refractivity contribution is 0.600. The minimum absolute atomic E-state index is 0.362. The second-order valence-corrected chi connectivity index (χ2v) is 6.30. The van der Waals surface area contributed by atoms with Crippen LogP contribution in [0.2, 0.25) is 0 Å². The van der Waals surface area contributed by atoms with Crippen LogP contribution < -0.4 is 0 Å². The highest BCUT2D eigenvalue weighted by molar-refractivity contribution is 5.86. The summed E-state index contributed by atoms with van der Waals surface area (Å²) in [6.45, 7) is 3.81. The van der Waals surface area contributed by atoms with Gasteiger partial charge in [-0.15, -0.1) is 6.58 Å². The lowest BCUT2D eigenvalue weighted by Gasteiger charge is -2.19. The van der Waals surface area contributed by atoms with Crippen LogP contribution >= 0.6 is 0 Å². The number of unbranched alkanes of at least 4 members (excludes halogenated alkanes) is 3. The zero-order chi connectivity index (χ0) is 16.6. The predicted molar refractivity (Wildman–Crippen MR) is 103 cm³/mol. The van der Waals surface area contributed by atoms with E-state index in [-0.39, 0.29) is 0 Å². The molecule has 1 heterocycles. The summed E-state index contributed by atoms with van der Waals surface area (Å²) in [6, 6.07) is 21.6. The number of allylic oxidation sites excluding steroid dienone is 1. The van der Waals surface area contributed by atoms with E-state index >= 15 is 0 Å². The number of nitrogens with zero attached hydrogens (tertiary/aromatic N) is 1. The fourth-order valence-electron chi connectivity index (χ4n) is 3.41. The second kappa shape index (κ2) is 8.44. The SMILES string of the molecule is C=CCCCCCC(c1ccccn1)c1cccc2ccccc12. The third-order valence-corrected chi connectivity index (χ3v) is 4.64. The van der Waals surface area contributed by atoms with Crippen molar-refractivity contribution in [3.8, 4) is 0 Å². The van der Waals surface area contributed by atoms with E-state index in [1.54, 1.807) is 0 Å². The molecule has 3 aromatic rings. The molecule has 3 rings (SSSR count). The Hall–Kier alpha value is -2.41. The quantitative estimate of drug-likeness (QED) is 0.341. The van der Waals surface area contributed by atoms with Gasteiger partial charge < -0.3 is 0 Å². The molecule has 0 aliphatic carbocycles. The van der Waals surface area contributed by atoms with Crippen LogP contribution in [0.1, 0.15) is 49.3 Å². The van der Waals surface area contributed by atoms with Crippen molar-refractivity contribution < 1.29 is 0 Å². The van der Waals surface area contributed by atoms with Crippen LogP contribution in [0, 0.1) is 0 Å². The van der Waals surface area contributed by atoms with Gasteiger partial charge in [-0.1, -0.05) is 67.4 Å². The number of aromatic nitrogens is 1. The molecule has 0 spiro atoms. The highest BCUT2D eigenvalue weighted by atomic mass is 14.7. The molecule has 1 atom stereocenters. The van der Waals surface area contributed by atoms with Crippen LogP contribution in [0.15, 0.2) is 79.5 Å². The lowest BCUT2D eigenvalue weighted by Crippen LogP contribution is -2.04. The summed E-state index contributed by atoms with van der Waals surface area (Å²) in [5.41, 5.74) is 2.58. The Morgan fingerprint density at radius 2 is 1.71 bits per heavy atom. The maximum atomic E-state index is 4.66. The summed E-state index contributed by atoms with van der Waals surface area (Å²) in [4.78, 5) is 4.66. The average molecular weight is 315 g/mol. The van der Waals surface area contributed by atoms with E-state index in [4.69, 9.17) is 0 Å². The van der Waals surface area contributed by atoms with Crippen molar-refractivity contribution in [3.63, 3.8) is 0 Å². The van der Waals surface area contributed by atoms with Crippen molar-refractivity contribution in [2.75, 3.05) is 0 Å². The van der Waals surface area contributed by atoms with Gasteiger partial charge in [-0.3, -0.25) is 4.98 Å². The first kappa shape index (κ1) is 16.4. The van der Waals surface area contributed by atoms with Gasteiger partial charge in [0.25, 0.3) is 0 Å². The topological polar surface area (TPSA) is 12.9 Å². The van der Waals surface area contributed by atoms with E-state index in [0.717, 1.165) is 12.8 Å². The molecule has 0 amide bonds. The summed E-state index contributed by atoms with van der Waals surface area (Å²) in [5, 5.41) is 2.66. The van der Waals surface area contributed by atoms with Gasteiger partial charge >= 0.3 is 0 Å². The first-order valence-electron chi connectivity index (χ1n) is 8.89. The van der Waals surface area contributed by atoms with E-state index < -0.39 is 0 Å². The largest absolute Gasteiger partial charge is 0.261 e. The van der Waals surface area contributed by atoms with E-state index in [0.29, 0.717) is 5.92 Å². The number of hydrogen-bond acceptors (Lipinski definition) is 1. The molecule has 0 aliphatic rings. The molecule has 0 aliphatic heterocycles. The smallest absolute Gasteiger partial charge is 0.0478 e. The predicted octanol–water partition coefficient (Wildman–Crippen LogP) is 6.50. The van der Waals surface area contributed by atoms with Crippen molar-refractivity contribution in [2.45, 2.75) is 38.0 Å². The summed E-state index contributed by atoms with van der Waals surface area (Å²) in [6.07, 6.45) is 9.88. The molecule has 0 N–H and O–H groups in total. The van der Waals surface area contributed by atoms with Crippen LogP contribution in [0.4, 0.5) is 0 Å². The second-order valence-electron chi connectivity index (χ2n) is 6.30. The number of pyridine rings is 1. The molecule has 0 radical (unpaired) electrons. The number of fused-ring (bicyclic) bond motifs is 1. The third-order valence-electron chi connectivity index (χ3n) is 4.64. The summed E-state index contributed by atoms with van der Waals surface area (Å²) in [5.74, 6) is 0.362. The molecule has 0 bridgehead atoms. The number of benzene rings is 2. The summed E-state index contributed by atoms with van der Waals surface area (Å²) < 4.78 is 0. The fraction of sp³-hybridized carbons (Fsp3) is 0.261. The lowest BCUT2D eigenvalue weighted by atomic mass is 9.86. The van der Waals surface area contributed by atoms with Crippen molar-refractivity contribution in [2.24, 2.45) is 0 Å². The molecule has 0 saturated carbocycles. The Morgan fingerprint density at radius 3 is 2.54 bits per heavy atom. The Balaban J connectivity index is 1.90. The van der Waals surface area contributed by atoms with Crippen LogP contribution in [-0.4, -0.2) is 4.98 Å². The van der Waals surface area contributed by atoms with E-state index in [2.05, 4.69) is 66.2 Å². The first-order chi connectivity index (χ1) is 11.9. The van der Waals surface area contributed by atoms with Gasteiger partial charge in [-0.25, -0.2) is 0 Å². The van der Waals surface area contributed by atoms with Crippen LogP contribution in [0.25, 0.3) is 10.8 Å². The molecule has 122 valence electrons. The van der Waals surface area contributed by atoms with Crippen LogP contribution in [0.5, 0.6) is 0 Å². The third kappa shape index (κ3) is 3.91. The normalized spacial score (nSPS) is 12.2. The van der Waals surface area contributed by atoms with Crippen molar-refractivity contribution in [3.05, 3.63) is 90.8 Å². The van der Waals surface area contributed by atoms with Gasteiger partial charge in [0.2, 0.25) is 0 Å². The number of rotatable bonds is 8. The molecule has 2 aromatic carbocycles. The first-order valence-corrected chi connectivity index (χ1v) is 8.89. The van der Waals surface area contributed by atoms with Gasteiger partial charge in [0.1, 0.15) is 0 Å². The molecule has 1 unspecified atom stereocenters. The Morgan fingerprint density at radius 1 is 0.875 bits per heavy atom. The van der Waals surface area contributed by atoms with Gasteiger partial charge in [-0.05, 0) is 47.7 Å². The van der Waals surface area contributed by atoms with E-state index in [9.17, 15) is 0 Å². The standard InChI is InChI=1S/C23H25N/c1-2-3-4-5-6-15-22(23-17-9-10-18-24-23)21-16-11-13-19-12-7-8-14-20(19)21/h2,7-14,16-18,22H,1,3-6,15H2. The summed E-state index contributed by atoms with van der Waals surface area (Å²) >= 11 is 0. The van der Waals surface area contributed by atoms with Gasteiger partial charge in [0.05, 0.1) is 0 Å². The van der Waals surface area contributed by atoms with Crippen molar-refractivity contribution >= 4 is 10.8 Å². The van der Waals surface area contributed by atoms with Gasteiger partial charge in [0.15, 0.2) is 0 Å². The molecule has 1 aromatic heterocycles. The maximum Gasteiger partial charge on any atom is 0.0478 e. The highest BCUT2D eigenvalue weighted by Gasteiger charge is 2.17. The maximum absolute atomic E-state index is 4.66. The van der Waals surface area contributed by atoms with Crippen molar-refractivity contribution in [1.29, 1.82) is 0 Å². The van der Waals surface area contributed by atoms with E-state index in [1.165, 1.54) is 41.3 Å². The zero-order valence-electron chi connectivity index (χ0n) is 14.2. The van der Waals surface area contributed by atoms with Crippen molar-refractivity contribution in [1.82, 2.24) is 4.98 Å². The molecule has 1 heteroatoms. The molecular formula is C23H25N. The van der Waals surface area contributed by atoms with Gasteiger partial charge in [0, 0.05) is 17.8 Å². The summed E-state index contributed by atoms with van der Waals surface area (Å²) in [7, 11) is 0. The van der Waals surface area contributed by atoms with E-state index in [1.807, 2.05) is 18.3 Å². The molecule has 0 fully saturated rings. The van der Waals surface area contributed by atoms with Gasteiger partial charge in [-0.2, -0.15) is 0 Å². The highest BCUT2D eigenvalue weighted by Crippen LogP contribution is 2.33. The molecule has 0 saturated heterocycles. The minimum atomic E-state index is 0.362. The molecular weight excluding hydrogens is 290 g/mol. The average Bonchev–Trinajstić information content (AvgIpc) is 2.65. The Bertz CT molecular complexity index is 771.